The third kappa shape index (κ3) is 5.65. The lowest BCUT2D eigenvalue weighted by atomic mass is 10.0. The van der Waals surface area contributed by atoms with Gasteiger partial charge in [-0.15, -0.1) is 0 Å². The lowest BCUT2D eigenvalue weighted by molar-refractivity contribution is -0.116. The first-order valence-corrected chi connectivity index (χ1v) is 8.50. The molecular formula is C20H22F2N2O2. The molecule has 0 radical (unpaired) electrons. The Kier molecular flexibility index (Phi) is 6.83. The van der Waals surface area contributed by atoms with Gasteiger partial charge in [0.1, 0.15) is 11.6 Å². The Hall–Kier alpha value is -2.76. The Morgan fingerprint density at radius 3 is 2.54 bits per heavy atom. The number of carbonyl (C=O) groups excluding carboxylic acids is 2. The molecule has 2 aromatic carbocycles. The molecule has 0 aliphatic rings. The first-order valence-electron chi connectivity index (χ1n) is 8.50. The van der Waals surface area contributed by atoms with Crippen LogP contribution in [0.25, 0.3) is 0 Å². The number of hydrogen-bond donors (Lipinski definition) is 2. The summed E-state index contributed by atoms with van der Waals surface area (Å²) in [6.07, 6.45) is 0.627. The summed E-state index contributed by atoms with van der Waals surface area (Å²) in [4.78, 5) is 23.8. The van der Waals surface area contributed by atoms with E-state index in [9.17, 15) is 18.4 Å². The quantitative estimate of drug-likeness (QED) is 0.726. The Balaban J connectivity index is 1.76. The summed E-state index contributed by atoms with van der Waals surface area (Å²) in [6, 6.07) is 10.4. The summed E-state index contributed by atoms with van der Waals surface area (Å²) in [6.45, 7) is 4.37. The van der Waals surface area contributed by atoms with Crippen molar-refractivity contribution in [3.63, 3.8) is 0 Å². The molecule has 0 unspecified atom stereocenters. The lowest BCUT2D eigenvalue weighted by Gasteiger charge is -2.10. The van der Waals surface area contributed by atoms with Gasteiger partial charge in [-0.25, -0.2) is 8.78 Å². The highest BCUT2D eigenvalue weighted by atomic mass is 19.1. The van der Waals surface area contributed by atoms with E-state index in [4.69, 9.17) is 0 Å². The Labute approximate surface area is 151 Å². The molecule has 2 amide bonds. The molecule has 0 aromatic heterocycles. The fraction of sp³-hybridized carbons (Fsp3) is 0.300. The summed E-state index contributed by atoms with van der Waals surface area (Å²) in [5.74, 6) is -2.07. The van der Waals surface area contributed by atoms with Gasteiger partial charge in [0.05, 0.1) is 5.56 Å². The van der Waals surface area contributed by atoms with Crippen LogP contribution < -0.4 is 10.6 Å². The molecule has 0 aliphatic heterocycles. The topological polar surface area (TPSA) is 58.2 Å². The Bertz CT molecular complexity index is 791. The van der Waals surface area contributed by atoms with Gasteiger partial charge in [-0.1, -0.05) is 26.0 Å². The molecule has 0 spiro atoms. The zero-order chi connectivity index (χ0) is 19.1. The molecule has 0 saturated carbocycles. The second-order valence-electron chi connectivity index (χ2n) is 6.31. The fourth-order valence-corrected chi connectivity index (χ4v) is 2.42. The monoisotopic (exact) mass is 360 g/mol. The summed E-state index contributed by atoms with van der Waals surface area (Å²) >= 11 is 0. The van der Waals surface area contributed by atoms with E-state index in [1.54, 1.807) is 0 Å². The molecule has 2 aromatic rings. The van der Waals surface area contributed by atoms with Crippen molar-refractivity contribution in [1.29, 1.82) is 0 Å². The van der Waals surface area contributed by atoms with Crippen LogP contribution in [0.1, 0.15) is 48.5 Å². The van der Waals surface area contributed by atoms with E-state index in [2.05, 4.69) is 24.5 Å². The van der Waals surface area contributed by atoms with Crippen LogP contribution in [-0.2, 0) is 4.79 Å². The molecule has 0 bridgehead atoms. The zero-order valence-corrected chi connectivity index (χ0v) is 14.8. The molecule has 0 heterocycles. The van der Waals surface area contributed by atoms with Gasteiger partial charge in [0.15, 0.2) is 0 Å². The Morgan fingerprint density at radius 1 is 1.08 bits per heavy atom. The van der Waals surface area contributed by atoms with E-state index in [0.717, 1.165) is 23.4 Å². The molecule has 2 N–H and O–H groups in total. The van der Waals surface area contributed by atoms with Crippen molar-refractivity contribution in [2.45, 2.75) is 32.6 Å². The lowest BCUT2D eigenvalue weighted by Crippen LogP contribution is -2.26. The molecule has 26 heavy (non-hydrogen) atoms. The predicted molar refractivity (Wildman–Crippen MR) is 97.1 cm³/mol. The van der Waals surface area contributed by atoms with E-state index < -0.39 is 17.5 Å². The predicted octanol–water partition coefficient (Wildman–Crippen LogP) is 4.24. The third-order valence-corrected chi connectivity index (χ3v) is 3.88. The number of benzene rings is 2. The number of hydrogen-bond acceptors (Lipinski definition) is 2. The van der Waals surface area contributed by atoms with Crippen molar-refractivity contribution in [2.24, 2.45) is 0 Å². The van der Waals surface area contributed by atoms with Crippen LogP contribution in [0.4, 0.5) is 14.5 Å². The number of anilines is 1. The second-order valence-corrected chi connectivity index (χ2v) is 6.31. The minimum atomic E-state index is -0.912. The molecule has 2 rings (SSSR count). The van der Waals surface area contributed by atoms with E-state index >= 15 is 0 Å². The normalized spacial score (nSPS) is 10.7. The first kappa shape index (κ1) is 19.6. The minimum absolute atomic E-state index is 0.159. The highest BCUT2D eigenvalue weighted by molar-refractivity contribution is 5.94. The highest BCUT2D eigenvalue weighted by Gasteiger charge is 2.12. The third-order valence-electron chi connectivity index (χ3n) is 3.88. The Morgan fingerprint density at radius 2 is 1.85 bits per heavy atom. The molecular weight excluding hydrogens is 338 g/mol. The van der Waals surface area contributed by atoms with Gasteiger partial charge in [0, 0.05) is 24.7 Å². The van der Waals surface area contributed by atoms with Crippen LogP contribution in [0, 0.1) is 11.6 Å². The molecule has 0 atom stereocenters. The van der Waals surface area contributed by atoms with Crippen LogP contribution in [0.15, 0.2) is 42.5 Å². The average Bonchev–Trinajstić information content (AvgIpc) is 2.58. The number of rotatable bonds is 7. The van der Waals surface area contributed by atoms with E-state index in [-0.39, 0.29) is 24.4 Å². The van der Waals surface area contributed by atoms with Gasteiger partial charge < -0.3 is 10.6 Å². The average molecular weight is 360 g/mol. The van der Waals surface area contributed by atoms with Gasteiger partial charge in [-0.05, 0) is 42.2 Å². The first-order chi connectivity index (χ1) is 12.4. The molecule has 4 nitrogen and oxygen atoms in total. The van der Waals surface area contributed by atoms with Crippen LogP contribution in [0.2, 0.25) is 0 Å². The van der Waals surface area contributed by atoms with E-state index in [0.29, 0.717) is 18.4 Å². The molecule has 0 saturated heterocycles. The summed E-state index contributed by atoms with van der Waals surface area (Å²) in [5, 5.41) is 5.34. The van der Waals surface area contributed by atoms with Crippen molar-refractivity contribution < 1.29 is 18.4 Å². The fourth-order valence-electron chi connectivity index (χ4n) is 2.42. The molecule has 0 fully saturated rings. The number of halogens is 2. The molecule has 0 aliphatic carbocycles. The SMILES string of the molecule is CC(C)c1cccc(NC(=O)CCCNC(=O)c2ccc(F)cc2F)c1. The largest absolute Gasteiger partial charge is 0.352 e. The van der Waals surface area contributed by atoms with Crippen LogP contribution in [0.3, 0.4) is 0 Å². The number of amides is 2. The number of carbonyl (C=O) groups is 2. The van der Waals surface area contributed by atoms with Gasteiger partial charge in [-0.2, -0.15) is 0 Å². The maximum atomic E-state index is 13.5. The van der Waals surface area contributed by atoms with Crippen molar-refractivity contribution in [1.82, 2.24) is 5.32 Å². The van der Waals surface area contributed by atoms with Crippen molar-refractivity contribution >= 4 is 17.5 Å². The maximum Gasteiger partial charge on any atom is 0.254 e. The minimum Gasteiger partial charge on any atom is -0.352 e. The standard InChI is InChI=1S/C20H22F2N2O2/c1-13(2)14-5-3-6-16(11-14)24-19(25)7-4-10-23-20(26)17-9-8-15(21)12-18(17)22/h3,5-6,8-9,11-13H,4,7,10H2,1-2H3,(H,23,26)(H,24,25). The summed E-state index contributed by atoms with van der Waals surface area (Å²) < 4.78 is 26.3. The highest BCUT2D eigenvalue weighted by Crippen LogP contribution is 2.18. The molecule has 138 valence electrons. The second kappa shape index (κ2) is 9.08. The maximum absolute atomic E-state index is 13.5. The van der Waals surface area contributed by atoms with E-state index in [1.807, 2.05) is 24.3 Å². The van der Waals surface area contributed by atoms with Gasteiger partial charge >= 0.3 is 0 Å². The summed E-state index contributed by atoms with van der Waals surface area (Å²) in [5.41, 5.74) is 1.65. The van der Waals surface area contributed by atoms with E-state index in [1.165, 1.54) is 0 Å². The van der Waals surface area contributed by atoms with Crippen molar-refractivity contribution in [2.75, 3.05) is 11.9 Å². The zero-order valence-electron chi connectivity index (χ0n) is 14.8. The van der Waals surface area contributed by atoms with Gasteiger partial charge in [-0.3, -0.25) is 9.59 Å². The number of nitrogens with one attached hydrogen (secondary N) is 2. The van der Waals surface area contributed by atoms with Crippen molar-refractivity contribution in [3.8, 4) is 0 Å². The van der Waals surface area contributed by atoms with Gasteiger partial charge in [0.2, 0.25) is 5.91 Å². The van der Waals surface area contributed by atoms with Crippen LogP contribution in [0.5, 0.6) is 0 Å². The smallest absolute Gasteiger partial charge is 0.254 e. The van der Waals surface area contributed by atoms with Crippen molar-refractivity contribution in [3.05, 3.63) is 65.2 Å². The molecule has 6 heteroatoms. The van der Waals surface area contributed by atoms with Crippen LogP contribution >= 0.6 is 0 Å². The van der Waals surface area contributed by atoms with Gasteiger partial charge in [0.25, 0.3) is 5.91 Å². The van der Waals surface area contributed by atoms with Crippen LogP contribution in [-0.4, -0.2) is 18.4 Å². The summed E-state index contributed by atoms with van der Waals surface area (Å²) in [7, 11) is 0.